The van der Waals surface area contributed by atoms with E-state index in [0.29, 0.717) is 0 Å². The first kappa shape index (κ1) is 8.70. The highest BCUT2D eigenvalue weighted by atomic mass is 14.8. The van der Waals surface area contributed by atoms with Gasteiger partial charge >= 0.3 is 0 Å². The SMILES string of the molecule is CC1(C)Cc2cnccc2C1(C)N. The molecule has 13 heavy (non-hydrogen) atoms. The molecule has 1 aliphatic rings. The Labute approximate surface area is 79.2 Å². The number of nitrogens with two attached hydrogens (primary N) is 1. The first-order valence-electron chi connectivity index (χ1n) is 4.67. The summed E-state index contributed by atoms with van der Waals surface area (Å²) in [5.74, 6) is 0. The monoisotopic (exact) mass is 176 g/mol. The van der Waals surface area contributed by atoms with Crippen molar-refractivity contribution in [2.45, 2.75) is 32.7 Å². The van der Waals surface area contributed by atoms with E-state index >= 15 is 0 Å². The van der Waals surface area contributed by atoms with Crippen LogP contribution in [0.2, 0.25) is 0 Å². The van der Waals surface area contributed by atoms with Gasteiger partial charge in [-0.25, -0.2) is 0 Å². The fourth-order valence-electron chi connectivity index (χ4n) is 2.10. The molecule has 2 nitrogen and oxygen atoms in total. The minimum atomic E-state index is -0.217. The number of nitrogens with zero attached hydrogens (tertiary/aromatic N) is 1. The van der Waals surface area contributed by atoms with Gasteiger partial charge in [-0.1, -0.05) is 13.8 Å². The van der Waals surface area contributed by atoms with Gasteiger partial charge in [0.2, 0.25) is 0 Å². The number of hydrogen-bond donors (Lipinski definition) is 1. The largest absolute Gasteiger partial charge is 0.321 e. The number of pyridine rings is 1. The Morgan fingerprint density at radius 1 is 1.38 bits per heavy atom. The fourth-order valence-corrected chi connectivity index (χ4v) is 2.10. The Morgan fingerprint density at radius 2 is 2.08 bits per heavy atom. The highest BCUT2D eigenvalue weighted by Crippen LogP contribution is 2.47. The molecule has 0 aromatic carbocycles. The first-order valence-corrected chi connectivity index (χ1v) is 4.67. The van der Waals surface area contributed by atoms with Crippen LogP contribution in [0.1, 0.15) is 31.9 Å². The second kappa shape index (κ2) is 2.32. The Kier molecular flexibility index (Phi) is 1.55. The second-order valence-electron chi connectivity index (χ2n) is 4.80. The molecule has 2 rings (SSSR count). The molecule has 0 bridgehead atoms. The van der Waals surface area contributed by atoms with Crippen LogP contribution in [-0.4, -0.2) is 4.98 Å². The van der Waals surface area contributed by atoms with Crippen LogP contribution < -0.4 is 5.73 Å². The van der Waals surface area contributed by atoms with Gasteiger partial charge in [0.15, 0.2) is 0 Å². The summed E-state index contributed by atoms with van der Waals surface area (Å²) in [5, 5.41) is 0. The number of fused-ring (bicyclic) bond motifs is 1. The van der Waals surface area contributed by atoms with Crippen LogP contribution >= 0.6 is 0 Å². The van der Waals surface area contributed by atoms with Crippen molar-refractivity contribution < 1.29 is 0 Å². The molecule has 0 fully saturated rings. The van der Waals surface area contributed by atoms with Gasteiger partial charge in [0.05, 0.1) is 0 Å². The Hall–Kier alpha value is -0.890. The summed E-state index contributed by atoms with van der Waals surface area (Å²) in [6, 6.07) is 2.05. The smallest absolute Gasteiger partial charge is 0.0439 e. The van der Waals surface area contributed by atoms with Crippen molar-refractivity contribution >= 4 is 0 Å². The average molecular weight is 176 g/mol. The van der Waals surface area contributed by atoms with E-state index in [0.717, 1.165) is 6.42 Å². The van der Waals surface area contributed by atoms with Gasteiger partial charge in [0.1, 0.15) is 0 Å². The molecule has 0 amide bonds. The molecule has 1 atom stereocenters. The third-order valence-electron chi connectivity index (χ3n) is 3.50. The van der Waals surface area contributed by atoms with Crippen LogP contribution in [0, 0.1) is 5.41 Å². The summed E-state index contributed by atoms with van der Waals surface area (Å²) < 4.78 is 0. The molecule has 1 heterocycles. The zero-order valence-corrected chi connectivity index (χ0v) is 8.46. The number of hydrogen-bond acceptors (Lipinski definition) is 2. The molecule has 0 radical (unpaired) electrons. The van der Waals surface area contributed by atoms with E-state index in [1.54, 1.807) is 0 Å². The predicted molar refractivity (Wildman–Crippen MR) is 53.3 cm³/mol. The highest BCUT2D eigenvalue weighted by molar-refractivity contribution is 5.39. The van der Waals surface area contributed by atoms with Crippen molar-refractivity contribution in [2.24, 2.45) is 11.1 Å². The maximum absolute atomic E-state index is 6.34. The van der Waals surface area contributed by atoms with Crippen LogP contribution in [0.4, 0.5) is 0 Å². The van der Waals surface area contributed by atoms with Crippen molar-refractivity contribution in [3.63, 3.8) is 0 Å². The molecule has 2 N–H and O–H groups in total. The lowest BCUT2D eigenvalue weighted by Crippen LogP contribution is -2.43. The number of aromatic nitrogens is 1. The van der Waals surface area contributed by atoms with Crippen molar-refractivity contribution in [1.29, 1.82) is 0 Å². The number of rotatable bonds is 0. The van der Waals surface area contributed by atoms with E-state index in [4.69, 9.17) is 5.73 Å². The van der Waals surface area contributed by atoms with E-state index in [2.05, 4.69) is 25.8 Å². The van der Waals surface area contributed by atoms with Crippen molar-refractivity contribution in [1.82, 2.24) is 4.98 Å². The predicted octanol–water partition coefficient (Wildman–Crippen LogP) is 1.84. The molecule has 0 aliphatic heterocycles. The van der Waals surface area contributed by atoms with E-state index in [1.165, 1.54) is 11.1 Å². The fraction of sp³-hybridized carbons (Fsp3) is 0.545. The Bertz CT molecular complexity index is 340. The van der Waals surface area contributed by atoms with Gasteiger partial charge < -0.3 is 5.73 Å². The molecule has 1 unspecified atom stereocenters. The Morgan fingerprint density at radius 3 is 2.69 bits per heavy atom. The van der Waals surface area contributed by atoms with Crippen molar-refractivity contribution in [3.8, 4) is 0 Å². The molecule has 1 aromatic heterocycles. The van der Waals surface area contributed by atoms with Gasteiger partial charge in [-0.05, 0) is 36.0 Å². The van der Waals surface area contributed by atoms with E-state index in [-0.39, 0.29) is 11.0 Å². The normalized spacial score (nSPS) is 30.2. The lowest BCUT2D eigenvalue weighted by Gasteiger charge is -2.35. The summed E-state index contributed by atoms with van der Waals surface area (Å²) in [7, 11) is 0. The van der Waals surface area contributed by atoms with E-state index < -0.39 is 0 Å². The summed E-state index contributed by atoms with van der Waals surface area (Å²) in [6.07, 6.45) is 4.80. The lowest BCUT2D eigenvalue weighted by molar-refractivity contribution is 0.211. The molecular formula is C11H16N2. The van der Waals surface area contributed by atoms with Gasteiger partial charge in [0.25, 0.3) is 0 Å². The van der Waals surface area contributed by atoms with E-state index in [1.807, 2.05) is 18.5 Å². The van der Waals surface area contributed by atoms with Gasteiger partial charge in [-0.2, -0.15) is 0 Å². The zero-order valence-electron chi connectivity index (χ0n) is 8.46. The summed E-state index contributed by atoms with van der Waals surface area (Å²) in [6.45, 7) is 6.54. The molecular weight excluding hydrogens is 160 g/mol. The minimum absolute atomic E-state index is 0.137. The third-order valence-corrected chi connectivity index (χ3v) is 3.50. The zero-order chi connectivity index (χ0) is 9.69. The third kappa shape index (κ3) is 1.02. The Balaban J connectivity index is 2.60. The topological polar surface area (TPSA) is 38.9 Å². The van der Waals surface area contributed by atoms with Crippen LogP contribution in [0.3, 0.4) is 0 Å². The van der Waals surface area contributed by atoms with Gasteiger partial charge in [-0.3, -0.25) is 4.98 Å². The van der Waals surface area contributed by atoms with Crippen LogP contribution in [0.15, 0.2) is 18.5 Å². The molecule has 0 saturated carbocycles. The quantitative estimate of drug-likeness (QED) is 0.655. The molecule has 1 aliphatic carbocycles. The lowest BCUT2D eigenvalue weighted by atomic mass is 9.75. The van der Waals surface area contributed by atoms with Crippen molar-refractivity contribution in [3.05, 3.63) is 29.6 Å². The molecule has 1 aromatic rings. The molecule has 0 saturated heterocycles. The molecule has 2 heteroatoms. The highest BCUT2D eigenvalue weighted by Gasteiger charge is 2.45. The molecule has 0 spiro atoms. The minimum Gasteiger partial charge on any atom is -0.321 e. The van der Waals surface area contributed by atoms with Crippen molar-refractivity contribution in [2.75, 3.05) is 0 Å². The van der Waals surface area contributed by atoms with Gasteiger partial charge in [0, 0.05) is 17.9 Å². The van der Waals surface area contributed by atoms with E-state index in [9.17, 15) is 0 Å². The summed E-state index contributed by atoms with van der Waals surface area (Å²) in [4.78, 5) is 4.13. The summed E-state index contributed by atoms with van der Waals surface area (Å²) >= 11 is 0. The van der Waals surface area contributed by atoms with Crippen LogP contribution in [0.25, 0.3) is 0 Å². The maximum Gasteiger partial charge on any atom is 0.0439 e. The van der Waals surface area contributed by atoms with Gasteiger partial charge in [-0.15, -0.1) is 0 Å². The average Bonchev–Trinajstić information content (AvgIpc) is 2.20. The second-order valence-corrected chi connectivity index (χ2v) is 4.80. The summed E-state index contributed by atoms with van der Waals surface area (Å²) in [5.41, 5.74) is 8.82. The first-order chi connectivity index (χ1) is 5.95. The van der Waals surface area contributed by atoms with Crippen LogP contribution in [0.5, 0.6) is 0 Å². The molecule has 70 valence electrons. The standard InChI is InChI=1S/C11H16N2/c1-10(2)6-8-7-13-5-4-9(8)11(10,3)12/h4-5,7H,6,12H2,1-3H3. The van der Waals surface area contributed by atoms with Crippen LogP contribution in [-0.2, 0) is 12.0 Å². The maximum atomic E-state index is 6.34.